The number of carbonyl (C=O) groups excluding carboxylic acids is 1. The Bertz CT molecular complexity index is 344. The van der Waals surface area contributed by atoms with Gasteiger partial charge in [-0.05, 0) is 24.6 Å². The molecule has 1 aromatic carbocycles. The summed E-state index contributed by atoms with van der Waals surface area (Å²) in [5.41, 5.74) is 7.66. The average molecular weight is 221 g/mol. The Morgan fingerprint density at radius 3 is 2.38 bits per heavy atom. The number of nitrogens with zero attached hydrogens (tertiary/aromatic N) is 1. The zero-order chi connectivity index (χ0) is 12.1. The van der Waals surface area contributed by atoms with Crippen LogP contribution in [-0.2, 0) is 11.3 Å². The molecule has 4 nitrogen and oxygen atoms in total. The number of nitrogens with two attached hydrogens (primary N) is 1. The van der Waals surface area contributed by atoms with Crippen LogP contribution in [0.3, 0.4) is 0 Å². The number of benzene rings is 1. The summed E-state index contributed by atoms with van der Waals surface area (Å²) in [6.07, 6.45) is 0. The standard InChI is InChI=1S/C12H19N3O/c1-9(13)12(16)14-8-10-4-6-11(7-5-10)15(2)3/h4-7,9H,8,13H2,1-3H3,(H,14,16). The van der Waals surface area contributed by atoms with Crippen molar-refractivity contribution in [1.29, 1.82) is 0 Å². The summed E-state index contributed by atoms with van der Waals surface area (Å²) < 4.78 is 0. The van der Waals surface area contributed by atoms with Gasteiger partial charge in [0.2, 0.25) is 5.91 Å². The second-order valence-corrected chi connectivity index (χ2v) is 4.07. The van der Waals surface area contributed by atoms with Crippen LogP contribution in [0.2, 0.25) is 0 Å². The monoisotopic (exact) mass is 221 g/mol. The third-order valence-electron chi connectivity index (χ3n) is 2.33. The molecule has 0 fully saturated rings. The summed E-state index contributed by atoms with van der Waals surface area (Å²) in [4.78, 5) is 13.3. The maximum Gasteiger partial charge on any atom is 0.236 e. The number of amides is 1. The molecule has 4 heteroatoms. The molecule has 0 radical (unpaired) electrons. The number of carbonyl (C=O) groups is 1. The first-order valence-corrected chi connectivity index (χ1v) is 5.30. The molecule has 1 rings (SSSR count). The number of anilines is 1. The summed E-state index contributed by atoms with van der Waals surface area (Å²) in [5.74, 6) is -0.128. The molecular formula is C12H19N3O. The van der Waals surface area contributed by atoms with Gasteiger partial charge in [0.05, 0.1) is 6.04 Å². The fraction of sp³-hybridized carbons (Fsp3) is 0.417. The highest BCUT2D eigenvalue weighted by Crippen LogP contribution is 2.11. The minimum atomic E-state index is -0.457. The molecular weight excluding hydrogens is 202 g/mol. The maximum atomic E-state index is 11.2. The Morgan fingerprint density at radius 2 is 1.94 bits per heavy atom. The smallest absolute Gasteiger partial charge is 0.236 e. The average Bonchev–Trinajstić information content (AvgIpc) is 2.26. The topological polar surface area (TPSA) is 58.4 Å². The van der Waals surface area contributed by atoms with Gasteiger partial charge in [-0.15, -0.1) is 0 Å². The van der Waals surface area contributed by atoms with Crippen LogP contribution in [0.5, 0.6) is 0 Å². The third-order valence-corrected chi connectivity index (χ3v) is 2.33. The third kappa shape index (κ3) is 3.55. The molecule has 0 saturated carbocycles. The maximum absolute atomic E-state index is 11.2. The van der Waals surface area contributed by atoms with Crippen molar-refractivity contribution in [2.75, 3.05) is 19.0 Å². The second kappa shape index (κ2) is 5.51. The lowest BCUT2D eigenvalue weighted by Gasteiger charge is -2.13. The van der Waals surface area contributed by atoms with Crippen molar-refractivity contribution in [3.8, 4) is 0 Å². The van der Waals surface area contributed by atoms with Gasteiger partial charge in [0.1, 0.15) is 0 Å². The zero-order valence-electron chi connectivity index (χ0n) is 10.0. The van der Waals surface area contributed by atoms with Gasteiger partial charge in [0.15, 0.2) is 0 Å². The number of nitrogens with one attached hydrogen (secondary N) is 1. The molecule has 0 aromatic heterocycles. The summed E-state index contributed by atoms with van der Waals surface area (Å²) >= 11 is 0. The predicted octanol–water partition coefficient (Wildman–Crippen LogP) is 0.716. The van der Waals surface area contributed by atoms with Crippen molar-refractivity contribution in [3.63, 3.8) is 0 Å². The molecule has 0 saturated heterocycles. The first-order chi connectivity index (χ1) is 7.50. The normalized spacial score (nSPS) is 12.0. The number of rotatable bonds is 4. The van der Waals surface area contributed by atoms with Gasteiger partial charge >= 0.3 is 0 Å². The van der Waals surface area contributed by atoms with E-state index in [0.717, 1.165) is 11.3 Å². The van der Waals surface area contributed by atoms with E-state index in [1.54, 1.807) is 6.92 Å². The van der Waals surface area contributed by atoms with Crippen molar-refractivity contribution in [2.45, 2.75) is 19.5 Å². The molecule has 1 atom stereocenters. The highest BCUT2D eigenvalue weighted by Gasteiger charge is 2.05. The quantitative estimate of drug-likeness (QED) is 0.787. The van der Waals surface area contributed by atoms with Crippen molar-refractivity contribution < 1.29 is 4.79 Å². The van der Waals surface area contributed by atoms with Crippen molar-refractivity contribution >= 4 is 11.6 Å². The molecule has 88 valence electrons. The van der Waals surface area contributed by atoms with Crippen LogP contribution in [0.4, 0.5) is 5.69 Å². The van der Waals surface area contributed by atoms with E-state index in [2.05, 4.69) is 5.32 Å². The van der Waals surface area contributed by atoms with Gasteiger partial charge in [0, 0.05) is 26.3 Å². The Kier molecular flexibility index (Phi) is 4.31. The van der Waals surface area contributed by atoms with Gasteiger partial charge in [-0.25, -0.2) is 0 Å². The lowest BCUT2D eigenvalue weighted by molar-refractivity contribution is -0.122. The molecule has 0 bridgehead atoms. The molecule has 0 aliphatic rings. The molecule has 1 unspecified atom stereocenters. The van der Waals surface area contributed by atoms with E-state index < -0.39 is 6.04 Å². The number of hydrogen-bond donors (Lipinski definition) is 2. The summed E-state index contributed by atoms with van der Waals surface area (Å²) in [6.45, 7) is 2.19. The Morgan fingerprint density at radius 1 is 1.38 bits per heavy atom. The van der Waals surface area contributed by atoms with Gasteiger partial charge in [0.25, 0.3) is 0 Å². The van der Waals surface area contributed by atoms with Crippen LogP contribution >= 0.6 is 0 Å². The van der Waals surface area contributed by atoms with E-state index in [0.29, 0.717) is 6.54 Å². The molecule has 0 heterocycles. The van der Waals surface area contributed by atoms with Crippen LogP contribution in [0.1, 0.15) is 12.5 Å². The molecule has 3 N–H and O–H groups in total. The van der Waals surface area contributed by atoms with E-state index in [-0.39, 0.29) is 5.91 Å². The molecule has 1 amide bonds. The SMILES string of the molecule is CC(N)C(=O)NCc1ccc(N(C)C)cc1. The summed E-state index contributed by atoms with van der Waals surface area (Å²) in [6, 6.07) is 7.58. The Balaban J connectivity index is 2.53. The summed E-state index contributed by atoms with van der Waals surface area (Å²) in [7, 11) is 3.99. The van der Waals surface area contributed by atoms with Crippen LogP contribution in [0, 0.1) is 0 Å². The van der Waals surface area contributed by atoms with Crippen LogP contribution in [0.15, 0.2) is 24.3 Å². The lowest BCUT2D eigenvalue weighted by atomic mass is 10.2. The fourth-order valence-corrected chi connectivity index (χ4v) is 1.26. The van der Waals surface area contributed by atoms with Gasteiger partial charge in [-0.1, -0.05) is 12.1 Å². The first kappa shape index (κ1) is 12.5. The largest absolute Gasteiger partial charge is 0.378 e. The summed E-state index contributed by atoms with van der Waals surface area (Å²) in [5, 5.41) is 2.77. The van der Waals surface area contributed by atoms with Crippen molar-refractivity contribution in [1.82, 2.24) is 5.32 Å². The van der Waals surface area contributed by atoms with Gasteiger partial charge in [-0.3, -0.25) is 4.79 Å². The van der Waals surface area contributed by atoms with E-state index in [1.807, 2.05) is 43.3 Å². The highest BCUT2D eigenvalue weighted by molar-refractivity contribution is 5.80. The van der Waals surface area contributed by atoms with Crippen molar-refractivity contribution in [2.24, 2.45) is 5.73 Å². The fourth-order valence-electron chi connectivity index (χ4n) is 1.26. The van der Waals surface area contributed by atoms with E-state index in [9.17, 15) is 4.79 Å². The Hall–Kier alpha value is -1.55. The van der Waals surface area contributed by atoms with Crippen LogP contribution in [-0.4, -0.2) is 26.0 Å². The first-order valence-electron chi connectivity index (χ1n) is 5.30. The molecule has 0 spiro atoms. The predicted molar refractivity (Wildman–Crippen MR) is 66.3 cm³/mol. The second-order valence-electron chi connectivity index (χ2n) is 4.07. The highest BCUT2D eigenvalue weighted by atomic mass is 16.2. The van der Waals surface area contributed by atoms with Crippen LogP contribution in [0.25, 0.3) is 0 Å². The molecule has 1 aromatic rings. The minimum absolute atomic E-state index is 0.128. The Labute approximate surface area is 96.4 Å². The minimum Gasteiger partial charge on any atom is -0.378 e. The van der Waals surface area contributed by atoms with E-state index in [4.69, 9.17) is 5.73 Å². The molecule has 0 aliphatic heterocycles. The van der Waals surface area contributed by atoms with Crippen molar-refractivity contribution in [3.05, 3.63) is 29.8 Å². The molecule has 0 aliphatic carbocycles. The van der Waals surface area contributed by atoms with Crippen LogP contribution < -0.4 is 16.0 Å². The van der Waals surface area contributed by atoms with Gasteiger partial charge in [-0.2, -0.15) is 0 Å². The molecule has 16 heavy (non-hydrogen) atoms. The van der Waals surface area contributed by atoms with Gasteiger partial charge < -0.3 is 16.0 Å². The van der Waals surface area contributed by atoms with E-state index in [1.165, 1.54) is 0 Å². The lowest BCUT2D eigenvalue weighted by Crippen LogP contribution is -2.37. The van der Waals surface area contributed by atoms with E-state index >= 15 is 0 Å². The number of hydrogen-bond acceptors (Lipinski definition) is 3. The zero-order valence-corrected chi connectivity index (χ0v) is 10.0.